The van der Waals surface area contributed by atoms with Crippen LogP contribution in [0.1, 0.15) is 11.1 Å². The number of hydrogen-bond acceptors (Lipinski definition) is 2. The van der Waals surface area contributed by atoms with E-state index in [9.17, 15) is 0 Å². The van der Waals surface area contributed by atoms with Crippen LogP contribution in [0.2, 0.25) is 0 Å². The summed E-state index contributed by atoms with van der Waals surface area (Å²) < 4.78 is 10.9. The summed E-state index contributed by atoms with van der Waals surface area (Å²) in [5.41, 5.74) is 2.37. The van der Waals surface area contributed by atoms with Gasteiger partial charge in [0.15, 0.2) is 0 Å². The molecule has 0 aliphatic rings. The third-order valence-electron chi connectivity index (χ3n) is 2.68. The molecule has 18 heavy (non-hydrogen) atoms. The lowest BCUT2D eigenvalue weighted by Gasteiger charge is -2.10. The Kier molecular flexibility index (Phi) is 4.26. The van der Waals surface area contributed by atoms with E-state index in [4.69, 9.17) is 9.47 Å². The Morgan fingerprint density at radius 1 is 1.00 bits per heavy atom. The van der Waals surface area contributed by atoms with Crippen molar-refractivity contribution in [1.29, 1.82) is 0 Å². The van der Waals surface area contributed by atoms with Gasteiger partial charge in [-0.05, 0) is 48.4 Å². The maximum absolute atomic E-state index is 5.84. The Labute approximate surface area is 116 Å². The van der Waals surface area contributed by atoms with Crippen molar-refractivity contribution in [3.8, 4) is 17.2 Å². The minimum absolute atomic E-state index is 0.811. The fourth-order valence-corrected chi connectivity index (χ4v) is 2.03. The molecule has 2 rings (SSSR count). The van der Waals surface area contributed by atoms with E-state index in [-0.39, 0.29) is 0 Å². The van der Waals surface area contributed by atoms with Crippen LogP contribution in [-0.2, 0) is 5.33 Å². The zero-order valence-electron chi connectivity index (χ0n) is 10.4. The van der Waals surface area contributed by atoms with Crippen molar-refractivity contribution in [2.75, 3.05) is 7.11 Å². The normalized spacial score (nSPS) is 10.2. The lowest BCUT2D eigenvalue weighted by molar-refractivity contribution is 0.412. The van der Waals surface area contributed by atoms with Gasteiger partial charge in [-0.1, -0.05) is 28.1 Å². The van der Waals surface area contributed by atoms with Gasteiger partial charge in [-0.25, -0.2) is 0 Å². The SMILES string of the molecule is COc1ccc(Oc2ccc(CBr)cc2C)cc1. The highest BCUT2D eigenvalue weighted by atomic mass is 79.9. The first-order chi connectivity index (χ1) is 8.72. The average Bonchev–Trinajstić information content (AvgIpc) is 2.42. The van der Waals surface area contributed by atoms with Crippen LogP contribution in [-0.4, -0.2) is 7.11 Å². The zero-order valence-corrected chi connectivity index (χ0v) is 12.0. The van der Waals surface area contributed by atoms with Crippen molar-refractivity contribution in [1.82, 2.24) is 0 Å². The number of halogens is 1. The molecule has 0 saturated heterocycles. The number of methoxy groups -OCH3 is 1. The van der Waals surface area contributed by atoms with Gasteiger partial charge >= 0.3 is 0 Å². The number of aryl methyl sites for hydroxylation is 1. The predicted octanol–water partition coefficient (Wildman–Crippen LogP) is 4.69. The van der Waals surface area contributed by atoms with Crippen molar-refractivity contribution in [2.45, 2.75) is 12.3 Å². The van der Waals surface area contributed by atoms with Gasteiger partial charge in [0.1, 0.15) is 17.2 Å². The third kappa shape index (κ3) is 3.05. The van der Waals surface area contributed by atoms with Crippen LogP contribution in [0.5, 0.6) is 17.2 Å². The Morgan fingerprint density at radius 3 is 2.22 bits per heavy atom. The van der Waals surface area contributed by atoms with Crippen LogP contribution in [0, 0.1) is 6.92 Å². The number of ether oxygens (including phenoxy) is 2. The van der Waals surface area contributed by atoms with Gasteiger partial charge in [-0.15, -0.1) is 0 Å². The number of alkyl halides is 1. The largest absolute Gasteiger partial charge is 0.497 e. The van der Waals surface area contributed by atoms with Gasteiger partial charge in [0.05, 0.1) is 7.11 Å². The van der Waals surface area contributed by atoms with Gasteiger partial charge < -0.3 is 9.47 Å². The lowest BCUT2D eigenvalue weighted by atomic mass is 10.1. The Balaban J connectivity index is 2.17. The molecule has 0 aromatic heterocycles. The quantitative estimate of drug-likeness (QED) is 0.763. The molecule has 0 unspecified atom stereocenters. The lowest BCUT2D eigenvalue weighted by Crippen LogP contribution is -1.89. The van der Waals surface area contributed by atoms with E-state index in [1.165, 1.54) is 5.56 Å². The summed E-state index contributed by atoms with van der Waals surface area (Å²) in [7, 11) is 1.65. The van der Waals surface area contributed by atoms with Gasteiger partial charge in [-0.2, -0.15) is 0 Å². The maximum Gasteiger partial charge on any atom is 0.130 e. The van der Waals surface area contributed by atoms with E-state index in [0.29, 0.717) is 0 Å². The van der Waals surface area contributed by atoms with Crippen molar-refractivity contribution in [3.63, 3.8) is 0 Å². The van der Waals surface area contributed by atoms with Crippen molar-refractivity contribution >= 4 is 15.9 Å². The van der Waals surface area contributed by atoms with E-state index in [2.05, 4.69) is 28.1 Å². The second-order valence-electron chi connectivity index (χ2n) is 4.01. The molecular formula is C15H15BrO2. The molecule has 0 bridgehead atoms. The summed E-state index contributed by atoms with van der Waals surface area (Å²) in [6, 6.07) is 13.7. The molecule has 0 aliphatic carbocycles. The first-order valence-electron chi connectivity index (χ1n) is 5.70. The van der Waals surface area contributed by atoms with Crippen LogP contribution in [0.4, 0.5) is 0 Å². The Bertz CT molecular complexity index is 521. The fourth-order valence-electron chi connectivity index (χ4n) is 1.68. The van der Waals surface area contributed by atoms with E-state index < -0.39 is 0 Å². The maximum atomic E-state index is 5.84. The molecule has 0 N–H and O–H groups in total. The highest BCUT2D eigenvalue weighted by Gasteiger charge is 2.03. The second-order valence-corrected chi connectivity index (χ2v) is 4.57. The van der Waals surface area contributed by atoms with Gasteiger partial charge in [0.25, 0.3) is 0 Å². The summed E-state index contributed by atoms with van der Waals surface area (Å²) >= 11 is 3.44. The first-order valence-corrected chi connectivity index (χ1v) is 6.82. The smallest absolute Gasteiger partial charge is 0.130 e. The summed E-state index contributed by atoms with van der Waals surface area (Å²) in [6.45, 7) is 2.05. The minimum atomic E-state index is 0.811. The molecule has 2 nitrogen and oxygen atoms in total. The molecule has 0 fully saturated rings. The summed E-state index contributed by atoms with van der Waals surface area (Å²) in [4.78, 5) is 0. The van der Waals surface area contributed by atoms with Crippen LogP contribution >= 0.6 is 15.9 Å². The van der Waals surface area contributed by atoms with Gasteiger partial charge in [0.2, 0.25) is 0 Å². The van der Waals surface area contributed by atoms with E-state index in [1.807, 2.05) is 37.3 Å². The molecule has 0 heterocycles. The Morgan fingerprint density at radius 2 is 1.67 bits per heavy atom. The summed E-state index contributed by atoms with van der Waals surface area (Å²) in [6.07, 6.45) is 0. The summed E-state index contributed by atoms with van der Waals surface area (Å²) in [5, 5.41) is 0.858. The van der Waals surface area contributed by atoms with Gasteiger partial charge in [0, 0.05) is 5.33 Å². The van der Waals surface area contributed by atoms with E-state index in [1.54, 1.807) is 7.11 Å². The fraction of sp³-hybridized carbons (Fsp3) is 0.200. The highest BCUT2D eigenvalue weighted by Crippen LogP contribution is 2.27. The van der Waals surface area contributed by atoms with Crippen LogP contribution in [0.25, 0.3) is 0 Å². The molecule has 0 spiro atoms. The van der Waals surface area contributed by atoms with E-state index in [0.717, 1.165) is 28.1 Å². The zero-order chi connectivity index (χ0) is 13.0. The van der Waals surface area contributed by atoms with Crippen LogP contribution in [0.15, 0.2) is 42.5 Å². The van der Waals surface area contributed by atoms with Gasteiger partial charge in [-0.3, -0.25) is 0 Å². The second kappa shape index (κ2) is 5.91. The highest BCUT2D eigenvalue weighted by molar-refractivity contribution is 9.08. The standard InChI is InChI=1S/C15H15BrO2/c1-11-9-12(10-16)3-8-15(11)18-14-6-4-13(17-2)5-7-14/h3-9H,10H2,1-2H3. The van der Waals surface area contributed by atoms with Crippen molar-refractivity contribution in [2.24, 2.45) is 0 Å². The molecule has 94 valence electrons. The van der Waals surface area contributed by atoms with Crippen molar-refractivity contribution in [3.05, 3.63) is 53.6 Å². The topological polar surface area (TPSA) is 18.5 Å². The number of rotatable bonds is 4. The molecule has 0 amide bonds. The molecule has 0 aliphatic heterocycles. The molecule has 0 radical (unpaired) electrons. The average molecular weight is 307 g/mol. The minimum Gasteiger partial charge on any atom is -0.497 e. The number of benzene rings is 2. The predicted molar refractivity (Wildman–Crippen MR) is 76.9 cm³/mol. The molecule has 2 aromatic carbocycles. The third-order valence-corrected chi connectivity index (χ3v) is 3.33. The molecule has 0 atom stereocenters. The molecule has 2 aromatic rings. The number of hydrogen-bond donors (Lipinski definition) is 0. The molecule has 3 heteroatoms. The Hall–Kier alpha value is -1.48. The molecular weight excluding hydrogens is 292 g/mol. The van der Waals surface area contributed by atoms with E-state index >= 15 is 0 Å². The molecule has 0 saturated carbocycles. The first kappa shape index (κ1) is 13.0. The van der Waals surface area contributed by atoms with Crippen LogP contribution < -0.4 is 9.47 Å². The van der Waals surface area contributed by atoms with Crippen LogP contribution in [0.3, 0.4) is 0 Å². The monoisotopic (exact) mass is 306 g/mol. The summed E-state index contributed by atoms with van der Waals surface area (Å²) in [5.74, 6) is 2.52. The van der Waals surface area contributed by atoms with Crippen molar-refractivity contribution < 1.29 is 9.47 Å².